The monoisotopic (exact) mass is 476 g/mol. The highest BCUT2D eigenvalue weighted by Crippen LogP contribution is 2.31. The van der Waals surface area contributed by atoms with Crippen molar-refractivity contribution < 1.29 is 27.5 Å². The van der Waals surface area contributed by atoms with Crippen LogP contribution in [-0.4, -0.2) is 76.1 Å². The molecule has 10 nitrogen and oxygen atoms in total. The second-order valence-electron chi connectivity index (χ2n) is 7.25. The number of hydrogen-bond acceptors (Lipinski definition) is 8. The molecular weight excluding hydrogens is 448 g/mol. The van der Waals surface area contributed by atoms with Gasteiger partial charge < -0.3 is 19.7 Å². The zero-order chi connectivity index (χ0) is 24.0. The summed E-state index contributed by atoms with van der Waals surface area (Å²) in [6, 6.07) is 7.58. The van der Waals surface area contributed by atoms with Crippen LogP contribution in [0, 0.1) is 0 Å². The SMILES string of the molecule is CCN(CC)S(=O)(=O)c1ccc(N2CCOCC2)c(NC(=O)c2ccc(C(=O)OC)cn2)c1. The Hall–Kier alpha value is -3.02. The van der Waals surface area contributed by atoms with Crippen molar-refractivity contribution in [2.24, 2.45) is 0 Å². The van der Waals surface area contributed by atoms with Crippen molar-refractivity contribution in [2.75, 3.05) is 56.7 Å². The van der Waals surface area contributed by atoms with Gasteiger partial charge in [-0.2, -0.15) is 4.31 Å². The Morgan fingerprint density at radius 3 is 2.42 bits per heavy atom. The molecule has 0 unspecified atom stereocenters. The van der Waals surface area contributed by atoms with E-state index in [1.54, 1.807) is 26.0 Å². The second kappa shape index (κ2) is 10.7. The van der Waals surface area contributed by atoms with E-state index in [1.165, 1.54) is 35.8 Å². The van der Waals surface area contributed by atoms with Crippen LogP contribution in [0.2, 0.25) is 0 Å². The number of carbonyl (C=O) groups is 2. The number of sulfonamides is 1. The van der Waals surface area contributed by atoms with E-state index in [2.05, 4.69) is 15.0 Å². The number of rotatable bonds is 8. The highest BCUT2D eigenvalue weighted by Gasteiger charge is 2.25. The van der Waals surface area contributed by atoms with Crippen molar-refractivity contribution in [3.63, 3.8) is 0 Å². The van der Waals surface area contributed by atoms with E-state index in [-0.39, 0.29) is 16.2 Å². The van der Waals surface area contributed by atoms with Gasteiger partial charge >= 0.3 is 5.97 Å². The van der Waals surface area contributed by atoms with Crippen LogP contribution in [0.3, 0.4) is 0 Å². The van der Waals surface area contributed by atoms with E-state index >= 15 is 0 Å². The Kier molecular flexibility index (Phi) is 8.01. The highest BCUT2D eigenvalue weighted by molar-refractivity contribution is 7.89. The maximum atomic E-state index is 13.0. The number of aromatic nitrogens is 1. The second-order valence-corrected chi connectivity index (χ2v) is 9.18. The molecule has 1 aromatic heterocycles. The third kappa shape index (κ3) is 5.49. The molecule has 0 atom stereocenters. The summed E-state index contributed by atoms with van der Waals surface area (Å²) in [4.78, 5) is 30.7. The molecule has 0 saturated carbocycles. The molecule has 178 valence electrons. The van der Waals surface area contributed by atoms with Gasteiger partial charge in [-0.15, -0.1) is 0 Å². The van der Waals surface area contributed by atoms with Crippen molar-refractivity contribution in [3.8, 4) is 0 Å². The molecule has 1 aliphatic rings. The number of methoxy groups -OCH3 is 1. The van der Waals surface area contributed by atoms with Crippen LogP contribution in [0.15, 0.2) is 41.4 Å². The third-order valence-electron chi connectivity index (χ3n) is 5.33. The molecule has 0 aliphatic carbocycles. The zero-order valence-electron chi connectivity index (χ0n) is 18.9. The molecular formula is C22H28N4O6S. The van der Waals surface area contributed by atoms with E-state index in [4.69, 9.17) is 4.74 Å². The third-order valence-corrected chi connectivity index (χ3v) is 7.37. The summed E-state index contributed by atoms with van der Waals surface area (Å²) in [6.07, 6.45) is 1.25. The molecule has 1 aliphatic heterocycles. The van der Waals surface area contributed by atoms with E-state index in [0.717, 1.165) is 0 Å². The lowest BCUT2D eigenvalue weighted by molar-refractivity contribution is 0.0599. The largest absolute Gasteiger partial charge is 0.465 e. The average Bonchev–Trinajstić information content (AvgIpc) is 2.84. The summed E-state index contributed by atoms with van der Waals surface area (Å²) in [5.41, 5.74) is 1.34. The zero-order valence-corrected chi connectivity index (χ0v) is 19.7. The van der Waals surface area contributed by atoms with Gasteiger partial charge in [0, 0.05) is 32.4 Å². The maximum absolute atomic E-state index is 13.0. The Morgan fingerprint density at radius 1 is 1.15 bits per heavy atom. The smallest absolute Gasteiger partial charge is 0.339 e. The fourth-order valence-electron chi connectivity index (χ4n) is 3.52. The number of esters is 1. The van der Waals surface area contributed by atoms with Gasteiger partial charge in [0.15, 0.2) is 0 Å². The first-order valence-electron chi connectivity index (χ1n) is 10.6. The van der Waals surface area contributed by atoms with Gasteiger partial charge in [0.25, 0.3) is 5.91 Å². The number of amides is 1. The summed E-state index contributed by atoms with van der Waals surface area (Å²) in [5, 5.41) is 2.79. The van der Waals surface area contributed by atoms with Crippen LogP contribution < -0.4 is 10.2 Å². The first kappa shape index (κ1) is 24.6. The van der Waals surface area contributed by atoms with Crippen LogP contribution in [0.25, 0.3) is 0 Å². The van der Waals surface area contributed by atoms with Gasteiger partial charge in [-0.3, -0.25) is 9.78 Å². The quantitative estimate of drug-likeness (QED) is 0.575. The van der Waals surface area contributed by atoms with Gasteiger partial charge in [0.2, 0.25) is 10.0 Å². The average molecular weight is 477 g/mol. The lowest BCUT2D eigenvalue weighted by atomic mass is 10.2. The number of nitrogens with zero attached hydrogens (tertiary/aromatic N) is 3. The molecule has 1 aromatic carbocycles. The molecule has 1 N–H and O–H groups in total. The predicted molar refractivity (Wildman–Crippen MR) is 123 cm³/mol. The number of hydrogen-bond donors (Lipinski definition) is 1. The minimum Gasteiger partial charge on any atom is -0.465 e. The lowest BCUT2D eigenvalue weighted by Gasteiger charge is -2.31. The number of anilines is 2. The van der Waals surface area contributed by atoms with E-state index in [9.17, 15) is 18.0 Å². The number of benzene rings is 1. The molecule has 0 radical (unpaired) electrons. The molecule has 2 heterocycles. The lowest BCUT2D eigenvalue weighted by Crippen LogP contribution is -2.37. The van der Waals surface area contributed by atoms with Crippen LogP contribution >= 0.6 is 0 Å². The van der Waals surface area contributed by atoms with Crippen LogP contribution in [0.5, 0.6) is 0 Å². The van der Waals surface area contributed by atoms with E-state index in [1.807, 2.05) is 4.90 Å². The van der Waals surface area contributed by atoms with Gasteiger partial charge in [-0.1, -0.05) is 13.8 Å². The Balaban J connectivity index is 1.96. The molecule has 2 aromatic rings. The van der Waals surface area contributed by atoms with Gasteiger partial charge in [0.05, 0.1) is 42.2 Å². The first-order chi connectivity index (χ1) is 15.8. The summed E-state index contributed by atoms with van der Waals surface area (Å²) in [5.74, 6) is -1.09. The van der Waals surface area contributed by atoms with E-state index in [0.29, 0.717) is 50.8 Å². The first-order valence-corrected chi connectivity index (χ1v) is 12.1. The Morgan fingerprint density at radius 2 is 1.85 bits per heavy atom. The fraction of sp³-hybridized carbons (Fsp3) is 0.409. The normalized spacial score (nSPS) is 14.2. The van der Waals surface area contributed by atoms with Crippen molar-refractivity contribution in [1.29, 1.82) is 0 Å². The summed E-state index contributed by atoms with van der Waals surface area (Å²) >= 11 is 0. The minimum atomic E-state index is -3.72. The highest BCUT2D eigenvalue weighted by atomic mass is 32.2. The number of nitrogens with one attached hydrogen (secondary N) is 1. The Labute approximate surface area is 193 Å². The standard InChI is InChI=1S/C22H28N4O6S/c1-4-26(5-2)33(29,30)17-7-9-20(25-10-12-32-13-11-25)19(14-17)24-21(27)18-8-6-16(15-23-18)22(28)31-3/h6-9,14-15H,4-5,10-13H2,1-3H3,(H,24,27). The molecule has 1 saturated heterocycles. The van der Waals surface area contributed by atoms with Gasteiger partial charge in [-0.25, -0.2) is 13.2 Å². The van der Waals surface area contributed by atoms with E-state index < -0.39 is 21.9 Å². The maximum Gasteiger partial charge on any atom is 0.339 e. The minimum absolute atomic E-state index is 0.0765. The molecule has 11 heteroatoms. The number of ether oxygens (including phenoxy) is 2. The molecule has 1 amide bonds. The van der Waals surface area contributed by atoms with Crippen molar-refractivity contribution in [3.05, 3.63) is 47.8 Å². The van der Waals surface area contributed by atoms with Crippen LogP contribution in [0.1, 0.15) is 34.7 Å². The van der Waals surface area contributed by atoms with Crippen LogP contribution in [-0.2, 0) is 19.5 Å². The van der Waals surface area contributed by atoms with Gasteiger partial charge in [-0.05, 0) is 30.3 Å². The topological polar surface area (TPSA) is 118 Å². The summed E-state index contributed by atoms with van der Waals surface area (Å²) in [7, 11) is -2.46. The van der Waals surface area contributed by atoms with Crippen molar-refractivity contribution >= 4 is 33.3 Å². The number of carbonyl (C=O) groups excluding carboxylic acids is 2. The molecule has 1 fully saturated rings. The molecule has 0 spiro atoms. The summed E-state index contributed by atoms with van der Waals surface area (Å²) < 4.78 is 37.5. The van der Waals surface area contributed by atoms with Crippen molar-refractivity contribution in [1.82, 2.24) is 9.29 Å². The predicted octanol–water partition coefficient (Wildman–Crippen LogP) is 1.99. The number of morpholine rings is 1. The Bertz CT molecular complexity index is 1090. The summed E-state index contributed by atoms with van der Waals surface area (Å²) in [6.45, 7) is 6.50. The molecule has 0 bridgehead atoms. The molecule has 3 rings (SSSR count). The van der Waals surface area contributed by atoms with Crippen LogP contribution in [0.4, 0.5) is 11.4 Å². The fourth-order valence-corrected chi connectivity index (χ4v) is 5.01. The number of pyridine rings is 1. The van der Waals surface area contributed by atoms with Gasteiger partial charge in [0.1, 0.15) is 5.69 Å². The van der Waals surface area contributed by atoms with Crippen molar-refractivity contribution in [2.45, 2.75) is 18.7 Å². The molecule has 33 heavy (non-hydrogen) atoms.